The Morgan fingerprint density at radius 2 is 1.41 bits per heavy atom. The smallest absolute Gasteiger partial charge is 0.305 e. The molecule has 0 aliphatic carbocycles. The number of hydrogen-bond acceptors (Lipinski definition) is 5. The Morgan fingerprint density at radius 3 is 2.00 bits per heavy atom. The minimum absolute atomic E-state index is 0.0637. The SMILES string of the molecule is CCC(=O)OCCCC(CCCCCCOC(C)=O)C(C)=O. The van der Waals surface area contributed by atoms with Crippen LogP contribution in [0.2, 0.25) is 0 Å². The van der Waals surface area contributed by atoms with Gasteiger partial charge >= 0.3 is 11.9 Å². The van der Waals surface area contributed by atoms with E-state index < -0.39 is 0 Å². The highest BCUT2D eigenvalue weighted by Gasteiger charge is 2.13. The molecule has 0 aliphatic rings. The molecule has 0 aromatic carbocycles. The molecule has 0 heterocycles. The van der Waals surface area contributed by atoms with Gasteiger partial charge in [-0.1, -0.05) is 26.2 Å². The Labute approximate surface area is 133 Å². The molecule has 0 radical (unpaired) electrons. The van der Waals surface area contributed by atoms with Gasteiger partial charge in [-0.25, -0.2) is 0 Å². The standard InChI is InChI=1S/C17H30O5/c1-4-17(20)22-13-9-11-16(14(2)18)10-7-5-6-8-12-21-15(3)19/h16H,4-13H2,1-3H3. The summed E-state index contributed by atoms with van der Waals surface area (Å²) >= 11 is 0. The third-order valence-electron chi connectivity index (χ3n) is 3.58. The van der Waals surface area contributed by atoms with Gasteiger partial charge in [0.2, 0.25) is 0 Å². The summed E-state index contributed by atoms with van der Waals surface area (Å²) in [6.45, 7) is 5.69. The van der Waals surface area contributed by atoms with Crippen LogP contribution < -0.4 is 0 Å². The van der Waals surface area contributed by atoms with Crippen LogP contribution in [0.1, 0.15) is 72.1 Å². The highest BCUT2D eigenvalue weighted by molar-refractivity contribution is 5.78. The number of hydrogen-bond donors (Lipinski definition) is 0. The molecule has 0 aromatic heterocycles. The maximum Gasteiger partial charge on any atom is 0.305 e. The third-order valence-corrected chi connectivity index (χ3v) is 3.58. The van der Waals surface area contributed by atoms with Crippen LogP contribution in [-0.4, -0.2) is 30.9 Å². The second kappa shape index (κ2) is 13.3. The summed E-state index contributed by atoms with van der Waals surface area (Å²) in [5.41, 5.74) is 0. The van der Waals surface area contributed by atoms with Crippen molar-refractivity contribution in [3.63, 3.8) is 0 Å². The van der Waals surface area contributed by atoms with Gasteiger partial charge in [-0.05, 0) is 32.6 Å². The molecule has 0 bridgehead atoms. The molecular weight excluding hydrogens is 284 g/mol. The van der Waals surface area contributed by atoms with E-state index in [9.17, 15) is 14.4 Å². The van der Waals surface area contributed by atoms with Crippen molar-refractivity contribution >= 4 is 17.7 Å². The Kier molecular flexibility index (Phi) is 12.4. The van der Waals surface area contributed by atoms with Crippen LogP contribution in [0.15, 0.2) is 0 Å². The number of ether oxygens (including phenoxy) is 2. The van der Waals surface area contributed by atoms with E-state index in [0.717, 1.165) is 44.9 Å². The van der Waals surface area contributed by atoms with Crippen molar-refractivity contribution in [1.82, 2.24) is 0 Å². The van der Waals surface area contributed by atoms with Crippen molar-refractivity contribution in [2.24, 2.45) is 5.92 Å². The van der Waals surface area contributed by atoms with Crippen LogP contribution in [0.3, 0.4) is 0 Å². The molecular formula is C17H30O5. The van der Waals surface area contributed by atoms with Gasteiger partial charge in [0.25, 0.3) is 0 Å². The molecule has 1 atom stereocenters. The first-order valence-electron chi connectivity index (χ1n) is 8.26. The van der Waals surface area contributed by atoms with E-state index in [0.29, 0.717) is 19.6 Å². The van der Waals surface area contributed by atoms with Crippen molar-refractivity contribution in [1.29, 1.82) is 0 Å². The summed E-state index contributed by atoms with van der Waals surface area (Å²) in [6.07, 6.45) is 6.70. The maximum absolute atomic E-state index is 11.6. The van der Waals surface area contributed by atoms with Crippen molar-refractivity contribution in [3.05, 3.63) is 0 Å². The fraction of sp³-hybridized carbons (Fsp3) is 0.824. The van der Waals surface area contributed by atoms with Crippen LogP contribution in [0.4, 0.5) is 0 Å². The number of ketones is 1. The van der Waals surface area contributed by atoms with Crippen molar-refractivity contribution in [2.75, 3.05) is 13.2 Å². The molecule has 0 aliphatic heterocycles. The third kappa shape index (κ3) is 12.4. The van der Waals surface area contributed by atoms with Crippen LogP contribution >= 0.6 is 0 Å². The summed E-state index contributed by atoms with van der Waals surface area (Å²) in [5.74, 6) is -0.150. The van der Waals surface area contributed by atoms with Gasteiger partial charge in [-0.15, -0.1) is 0 Å². The molecule has 0 saturated heterocycles. The minimum Gasteiger partial charge on any atom is -0.466 e. The molecule has 128 valence electrons. The molecule has 0 spiro atoms. The molecule has 0 rings (SSSR count). The van der Waals surface area contributed by atoms with Gasteiger partial charge in [0.1, 0.15) is 5.78 Å². The van der Waals surface area contributed by atoms with E-state index in [1.807, 2.05) is 0 Å². The first-order valence-corrected chi connectivity index (χ1v) is 8.26. The van der Waals surface area contributed by atoms with Crippen LogP contribution in [0, 0.1) is 5.92 Å². The monoisotopic (exact) mass is 314 g/mol. The minimum atomic E-state index is -0.236. The second-order valence-corrected chi connectivity index (χ2v) is 5.57. The van der Waals surface area contributed by atoms with Gasteiger partial charge in [-0.3, -0.25) is 14.4 Å². The van der Waals surface area contributed by atoms with E-state index in [-0.39, 0.29) is 23.6 Å². The highest BCUT2D eigenvalue weighted by atomic mass is 16.5. The largest absolute Gasteiger partial charge is 0.466 e. The Morgan fingerprint density at radius 1 is 0.818 bits per heavy atom. The average molecular weight is 314 g/mol. The van der Waals surface area contributed by atoms with E-state index in [1.54, 1.807) is 13.8 Å². The summed E-state index contributed by atoms with van der Waals surface area (Å²) in [4.78, 5) is 33.2. The topological polar surface area (TPSA) is 69.7 Å². The number of esters is 2. The lowest BCUT2D eigenvalue weighted by molar-refractivity contribution is -0.143. The molecule has 5 heteroatoms. The quantitative estimate of drug-likeness (QED) is 0.385. The maximum atomic E-state index is 11.6. The second-order valence-electron chi connectivity index (χ2n) is 5.57. The normalized spacial score (nSPS) is 11.8. The van der Waals surface area contributed by atoms with Crippen LogP contribution in [-0.2, 0) is 23.9 Å². The zero-order valence-corrected chi connectivity index (χ0v) is 14.2. The summed E-state index contributed by atoms with van der Waals surface area (Å²) in [5, 5.41) is 0. The fourth-order valence-electron chi connectivity index (χ4n) is 2.23. The Hall–Kier alpha value is -1.39. The van der Waals surface area contributed by atoms with Crippen molar-refractivity contribution in [3.8, 4) is 0 Å². The number of unbranched alkanes of at least 4 members (excludes halogenated alkanes) is 3. The number of carbonyl (C=O) groups excluding carboxylic acids is 3. The highest BCUT2D eigenvalue weighted by Crippen LogP contribution is 2.17. The van der Waals surface area contributed by atoms with E-state index >= 15 is 0 Å². The number of Topliss-reactive ketones (excluding diaryl/α,β-unsaturated/α-hetero) is 1. The first kappa shape index (κ1) is 20.6. The fourth-order valence-corrected chi connectivity index (χ4v) is 2.23. The van der Waals surface area contributed by atoms with Crippen LogP contribution in [0.5, 0.6) is 0 Å². The summed E-state index contributed by atoms with van der Waals surface area (Å²) < 4.78 is 9.89. The van der Waals surface area contributed by atoms with Crippen molar-refractivity contribution in [2.45, 2.75) is 72.1 Å². The molecule has 0 fully saturated rings. The van der Waals surface area contributed by atoms with E-state index in [4.69, 9.17) is 9.47 Å². The molecule has 0 N–H and O–H groups in total. The lowest BCUT2D eigenvalue weighted by Crippen LogP contribution is -2.13. The summed E-state index contributed by atoms with van der Waals surface area (Å²) in [6, 6.07) is 0. The number of rotatable bonds is 13. The number of carbonyl (C=O) groups is 3. The zero-order chi connectivity index (χ0) is 16.8. The molecule has 5 nitrogen and oxygen atoms in total. The van der Waals surface area contributed by atoms with E-state index in [1.165, 1.54) is 6.92 Å². The zero-order valence-electron chi connectivity index (χ0n) is 14.2. The lowest BCUT2D eigenvalue weighted by Gasteiger charge is -2.13. The van der Waals surface area contributed by atoms with Gasteiger partial charge in [-0.2, -0.15) is 0 Å². The first-order chi connectivity index (χ1) is 10.5. The average Bonchev–Trinajstić information content (AvgIpc) is 2.47. The predicted octanol–water partition coefficient (Wildman–Crippen LogP) is 3.44. The Bertz CT molecular complexity index is 338. The van der Waals surface area contributed by atoms with Crippen LogP contribution in [0.25, 0.3) is 0 Å². The van der Waals surface area contributed by atoms with Gasteiger partial charge in [0.15, 0.2) is 0 Å². The lowest BCUT2D eigenvalue weighted by atomic mass is 9.93. The molecule has 0 amide bonds. The Balaban J connectivity index is 3.66. The van der Waals surface area contributed by atoms with Gasteiger partial charge < -0.3 is 9.47 Å². The van der Waals surface area contributed by atoms with E-state index in [2.05, 4.69) is 0 Å². The van der Waals surface area contributed by atoms with Gasteiger partial charge in [0, 0.05) is 19.3 Å². The molecule has 0 saturated carbocycles. The van der Waals surface area contributed by atoms with Crippen molar-refractivity contribution < 1.29 is 23.9 Å². The molecule has 0 aromatic rings. The molecule has 1 unspecified atom stereocenters. The molecule has 22 heavy (non-hydrogen) atoms. The van der Waals surface area contributed by atoms with Gasteiger partial charge in [0.05, 0.1) is 13.2 Å². The predicted molar refractivity (Wildman–Crippen MR) is 84.4 cm³/mol. The summed E-state index contributed by atoms with van der Waals surface area (Å²) in [7, 11) is 0.